The summed E-state index contributed by atoms with van der Waals surface area (Å²) in [5.74, 6) is -0.382. The third-order valence-corrected chi connectivity index (χ3v) is 4.81. The van der Waals surface area contributed by atoms with Crippen molar-refractivity contribution in [1.82, 2.24) is 0 Å². The normalized spacial score (nSPS) is 25.6. The number of allylic oxidation sites excluding steroid dienone is 2. The number of carbonyl (C=O) groups is 2. The van der Waals surface area contributed by atoms with Crippen LogP contribution in [0.3, 0.4) is 0 Å². The third-order valence-electron chi connectivity index (χ3n) is 4.81. The Morgan fingerprint density at radius 1 is 0.810 bits per heavy atom. The molecule has 1 saturated heterocycles. The summed E-state index contributed by atoms with van der Waals surface area (Å²) >= 11 is 0. The zero-order valence-corrected chi connectivity index (χ0v) is 13.1. The highest BCUT2D eigenvalue weighted by Gasteiger charge is 2.49. The van der Waals surface area contributed by atoms with Gasteiger partial charge in [0.25, 0.3) is 0 Å². The van der Waals surface area contributed by atoms with Crippen molar-refractivity contribution in [3.8, 4) is 0 Å². The van der Waals surface area contributed by atoms with E-state index in [-0.39, 0.29) is 23.7 Å². The van der Waals surface area contributed by atoms with Crippen LogP contribution in [0.4, 0.5) is 5.69 Å². The molecule has 3 nitrogen and oxygen atoms in total. The van der Waals surface area contributed by atoms with Crippen molar-refractivity contribution < 1.29 is 9.59 Å². The van der Waals surface area contributed by atoms with Gasteiger partial charge in [0.1, 0.15) is 0 Å². The Bertz CT molecular complexity index is 620. The summed E-state index contributed by atoms with van der Waals surface area (Å²) in [6.45, 7) is 8.13. The molecule has 21 heavy (non-hydrogen) atoms. The standard InChI is InChI=1S/C18H21NO2/c1-10-5-11(2)7-14(6-10)19-17(20)15-8-12(3)13(4)9-16(15)18(19)21/h5-7,15-16H,8-9H2,1-4H3. The fourth-order valence-electron chi connectivity index (χ4n) is 3.59. The molecular formula is C18H21NO2. The van der Waals surface area contributed by atoms with Gasteiger partial charge >= 0.3 is 0 Å². The van der Waals surface area contributed by atoms with Crippen molar-refractivity contribution >= 4 is 17.5 Å². The Labute approximate surface area is 125 Å². The molecule has 0 radical (unpaired) electrons. The largest absolute Gasteiger partial charge is 0.274 e. The lowest BCUT2D eigenvalue weighted by atomic mass is 9.78. The molecule has 1 aliphatic heterocycles. The molecule has 0 N–H and O–H groups in total. The van der Waals surface area contributed by atoms with Crippen LogP contribution in [0.2, 0.25) is 0 Å². The van der Waals surface area contributed by atoms with E-state index in [1.54, 1.807) is 0 Å². The van der Waals surface area contributed by atoms with E-state index >= 15 is 0 Å². The van der Waals surface area contributed by atoms with Crippen LogP contribution in [0, 0.1) is 25.7 Å². The molecular weight excluding hydrogens is 262 g/mol. The number of anilines is 1. The second-order valence-corrected chi connectivity index (χ2v) is 6.54. The molecule has 1 aromatic rings. The van der Waals surface area contributed by atoms with Crippen LogP contribution in [-0.4, -0.2) is 11.8 Å². The van der Waals surface area contributed by atoms with Crippen LogP contribution in [-0.2, 0) is 9.59 Å². The van der Waals surface area contributed by atoms with Crippen molar-refractivity contribution in [2.75, 3.05) is 4.90 Å². The first-order chi connectivity index (χ1) is 9.88. The smallest absolute Gasteiger partial charge is 0.238 e. The van der Waals surface area contributed by atoms with E-state index in [2.05, 4.69) is 19.9 Å². The second kappa shape index (κ2) is 4.83. The molecule has 2 unspecified atom stereocenters. The Kier molecular flexibility index (Phi) is 3.23. The zero-order valence-electron chi connectivity index (χ0n) is 13.1. The van der Waals surface area contributed by atoms with Crippen LogP contribution >= 0.6 is 0 Å². The SMILES string of the molecule is CC1=C(C)CC2C(=O)N(c3cc(C)cc(C)c3)C(=O)C2C1. The van der Waals surface area contributed by atoms with Crippen LogP contribution in [0.5, 0.6) is 0 Å². The highest BCUT2D eigenvalue weighted by atomic mass is 16.2. The Balaban J connectivity index is 2.00. The van der Waals surface area contributed by atoms with Gasteiger partial charge < -0.3 is 0 Å². The van der Waals surface area contributed by atoms with Gasteiger partial charge in [0.05, 0.1) is 17.5 Å². The summed E-state index contributed by atoms with van der Waals surface area (Å²) < 4.78 is 0. The van der Waals surface area contributed by atoms with Gasteiger partial charge in [-0.05, 0) is 63.8 Å². The number of carbonyl (C=O) groups excluding carboxylic acids is 2. The van der Waals surface area contributed by atoms with Crippen molar-refractivity contribution in [2.24, 2.45) is 11.8 Å². The first kappa shape index (κ1) is 14.1. The molecule has 3 rings (SSSR count). The van der Waals surface area contributed by atoms with E-state index in [1.165, 1.54) is 16.0 Å². The molecule has 0 bridgehead atoms. The summed E-state index contributed by atoms with van der Waals surface area (Å²) in [6.07, 6.45) is 1.45. The maximum atomic E-state index is 12.7. The first-order valence-corrected chi connectivity index (χ1v) is 7.50. The summed E-state index contributed by atoms with van der Waals surface area (Å²) in [5, 5.41) is 0. The molecule has 1 fully saturated rings. The lowest BCUT2D eigenvalue weighted by Crippen LogP contribution is -2.31. The van der Waals surface area contributed by atoms with Gasteiger partial charge in [0.15, 0.2) is 0 Å². The van der Waals surface area contributed by atoms with Crippen molar-refractivity contribution in [3.63, 3.8) is 0 Å². The van der Waals surface area contributed by atoms with E-state index in [4.69, 9.17) is 0 Å². The zero-order chi connectivity index (χ0) is 15.3. The van der Waals surface area contributed by atoms with Gasteiger partial charge in [-0.15, -0.1) is 0 Å². The van der Waals surface area contributed by atoms with Crippen LogP contribution in [0.1, 0.15) is 37.8 Å². The minimum absolute atomic E-state index is 0.0261. The predicted octanol–water partition coefficient (Wildman–Crippen LogP) is 3.54. The quantitative estimate of drug-likeness (QED) is 0.584. The van der Waals surface area contributed by atoms with Crippen LogP contribution < -0.4 is 4.90 Å². The van der Waals surface area contributed by atoms with E-state index in [0.717, 1.165) is 29.7 Å². The van der Waals surface area contributed by atoms with Gasteiger partial charge in [-0.3, -0.25) is 14.5 Å². The minimum atomic E-state index is -0.165. The molecule has 2 amide bonds. The molecule has 0 saturated carbocycles. The van der Waals surface area contributed by atoms with Gasteiger partial charge in [0.2, 0.25) is 11.8 Å². The number of fused-ring (bicyclic) bond motifs is 1. The van der Waals surface area contributed by atoms with Crippen molar-refractivity contribution in [3.05, 3.63) is 40.5 Å². The number of hydrogen-bond donors (Lipinski definition) is 0. The van der Waals surface area contributed by atoms with Crippen molar-refractivity contribution in [1.29, 1.82) is 0 Å². The average molecular weight is 283 g/mol. The molecule has 3 heteroatoms. The Hall–Kier alpha value is -1.90. The minimum Gasteiger partial charge on any atom is -0.274 e. The summed E-state index contributed by atoms with van der Waals surface area (Å²) in [6, 6.07) is 5.90. The summed E-state index contributed by atoms with van der Waals surface area (Å²) in [7, 11) is 0. The summed E-state index contributed by atoms with van der Waals surface area (Å²) in [4.78, 5) is 26.8. The molecule has 0 spiro atoms. The maximum absolute atomic E-state index is 12.7. The topological polar surface area (TPSA) is 37.4 Å². The summed E-state index contributed by atoms with van der Waals surface area (Å²) in [5.41, 5.74) is 5.41. The van der Waals surface area contributed by atoms with E-state index in [9.17, 15) is 9.59 Å². The van der Waals surface area contributed by atoms with E-state index in [0.29, 0.717) is 0 Å². The number of aryl methyl sites for hydroxylation is 2. The monoisotopic (exact) mass is 283 g/mol. The molecule has 0 aromatic heterocycles. The van der Waals surface area contributed by atoms with Crippen molar-refractivity contribution in [2.45, 2.75) is 40.5 Å². The highest BCUT2D eigenvalue weighted by Crippen LogP contribution is 2.42. The number of hydrogen-bond acceptors (Lipinski definition) is 2. The number of benzene rings is 1. The third kappa shape index (κ3) is 2.21. The second-order valence-electron chi connectivity index (χ2n) is 6.54. The number of nitrogens with zero attached hydrogens (tertiary/aromatic N) is 1. The number of rotatable bonds is 1. The number of imide groups is 1. The first-order valence-electron chi connectivity index (χ1n) is 7.50. The average Bonchev–Trinajstić information content (AvgIpc) is 2.62. The molecule has 1 aromatic carbocycles. The maximum Gasteiger partial charge on any atom is 0.238 e. The van der Waals surface area contributed by atoms with Gasteiger partial charge in [-0.25, -0.2) is 0 Å². The lowest BCUT2D eigenvalue weighted by Gasteiger charge is -2.23. The van der Waals surface area contributed by atoms with Crippen LogP contribution in [0.15, 0.2) is 29.3 Å². The highest BCUT2D eigenvalue weighted by molar-refractivity contribution is 6.22. The Morgan fingerprint density at radius 2 is 1.24 bits per heavy atom. The molecule has 2 aliphatic rings. The fourth-order valence-corrected chi connectivity index (χ4v) is 3.59. The number of amides is 2. The molecule has 1 heterocycles. The van der Waals surface area contributed by atoms with E-state index in [1.807, 2.05) is 26.0 Å². The lowest BCUT2D eigenvalue weighted by molar-refractivity contribution is -0.122. The van der Waals surface area contributed by atoms with Gasteiger partial charge in [-0.1, -0.05) is 17.2 Å². The predicted molar refractivity (Wildman–Crippen MR) is 83.0 cm³/mol. The molecule has 2 atom stereocenters. The van der Waals surface area contributed by atoms with Gasteiger partial charge in [-0.2, -0.15) is 0 Å². The molecule has 110 valence electrons. The fraction of sp³-hybridized carbons (Fsp3) is 0.444. The van der Waals surface area contributed by atoms with E-state index < -0.39 is 0 Å². The molecule has 1 aliphatic carbocycles. The van der Waals surface area contributed by atoms with Gasteiger partial charge in [0, 0.05) is 0 Å². The Morgan fingerprint density at radius 3 is 1.67 bits per heavy atom. The van der Waals surface area contributed by atoms with Crippen LogP contribution in [0.25, 0.3) is 0 Å².